The minimum Gasteiger partial charge on any atom is -0.455 e. The molecule has 1 saturated heterocycles. The van der Waals surface area contributed by atoms with Gasteiger partial charge >= 0.3 is 0 Å². The van der Waals surface area contributed by atoms with Gasteiger partial charge in [0.15, 0.2) is 5.76 Å². The molecular weight excluding hydrogens is 224 g/mol. The normalized spacial score (nSPS) is 16.4. The van der Waals surface area contributed by atoms with Crippen LogP contribution in [-0.2, 0) is 5.75 Å². The molecule has 1 aliphatic rings. The second-order valence-corrected chi connectivity index (χ2v) is 4.61. The Labute approximate surface area is 99.4 Å². The van der Waals surface area contributed by atoms with Gasteiger partial charge in [-0.2, -0.15) is 11.8 Å². The Morgan fingerprint density at radius 1 is 1.50 bits per heavy atom. The number of hydrogen-bond acceptors (Lipinski definition) is 4. The maximum absolute atomic E-state index is 12.0. The van der Waals surface area contributed by atoms with Crippen LogP contribution in [0.3, 0.4) is 0 Å². The lowest BCUT2D eigenvalue weighted by molar-refractivity contribution is 0.0702. The summed E-state index contributed by atoms with van der Waals surface area (Å²) in [5.74, 6) is 2.15. The molecule has 1 aromatic rings. The van der Waals surface area contributed by atoms with Gasteiger partial charge in [0, 0.05) is 26.2 Å². The number of furan rings is 1. The molecular formula is C11H16N2O2S. The largest absolute Gasteiger partial charge is 0.455 e. The van der Waals surface area contributed by atoms with E-state index in [2.05, 4.69) is 5.32 Å². The van der Waals surface area contributed by atoms with Crippen LogP contribution < -0.4 is 5.32 Å². The Morgan fingerprint density at radius 2 is 2.25 bits per heavy atom. The molecule has 1 N–H and O–H groups in total. The van der Waals surface area contributed by atoms with Crippen LogP contribution in [0.5, 0.6) is 0 Å². The van der Waals surface area contributed by atoms with Gasteiger partial charge in [-0.25, -0.2) is 0 Å². The van der Waals surface area contributed by atoms with Crippen LogP contribution in [0.4, 0.5) is 0 Å². The number of amides is 1. The zero-order valence-electron chi connectivity index (χ0n) is 9.36. The Morgan fingerprint density at radius 3 is 2.94 bits per heavy atom. The summed E-state index contributed by atoms with van der Waals surface area (Å²) >= 11 is 1.69. The number of carbonyl (C=O) groups is 1. The summed E-state index contributed by atoms with van der Waals surface area (Å²) in [6, 6.07) is 3.65. The molecule has 1 fully saturated rings. The van der Waals surface area contributed by atoms with Crippen molar-refractivity contribution < 1.29 is 9.21 Å². The van der Waals surface area contributed by atoms with Crippen molar-refractivity contribution in [1.82, 2.24) is 10.2 Å². The summed E-state index contributed by atoms with van der Waals surface area (Å²) in [5.41, 5.74) is 0. The molecule has 0 spiro atoms. The van der Waals surface area contributed by atoms with E-state index in [-0.39, 0.29) is 5.91 Å². The molecule has 0 aliphatic carbocycles. The van der Waals surface area contributed by atoms with Gasteiger partial charge in [-0.1, -0.05) is 0 Å². The average molecular weight is 240 g/mol. The molecule has 2 heterocycles. The third-order valence-electron chi connectivity index (χ3n) is 2.56. The molecule has 0 radical (unpaired) electrons. The molecule has 1 aromatic heterocycles. The molecule has 1 amide bonds. The number of hydrogen-bond donors (Lipinski definition) is 1. The lowest BCUT2D eigenvalue weighted by Crippen LogP contribution is -2.46. The van der Waals surface area contributed by atoms with Crippen LogP contribution in [0, 0.1) is 0 Å². The van der Waals surface area contributed by atoms with Crippen LogP contribution in [0.2, 0.25) is 0 Å². The highest BCUT2D eigenvalue weighted by atomic mass is 32.2. The molecule has 0 aromatic carbocycles. The Kier molecular flexibility index (Phi) is 3.90. The number of thioether (sulfide) groups is 1. The first-order valence-corrected chi connectivity index (χ1v) is 6.78. The number of rotatable bonds is 3. The van der Waals surface area contributed by atoms with Crippen molar-refractivity contribution in [2.75, 3.05) is 32.4 Å². The molecule has 0 unspecified atom stereocenters. The summed E-state index contributed by atoms with van der Waals surface area (Å²) in [5, 5.41) is 3.22. The van der Waals surface area contributed by atoms with E-state index >= 15 is 0 Å². The summed E-state index contributed by atoms with van der Waals surface area (Å²) in [4.78, 5) is 13.8. The standard InChI is InChI=1S/C11H16N2O2S/c1-16-8-9-2-3-10(15-9)11(14)13-6-4-12-5-7-13/h2-3,12H,4-8H2,1H3. The zero-order valence-corrected chi connectivity index (χ0v) is 10.2. The quantitative estimate of drug-likeness (QED) is 0.862. The maximum atomic E-state index is 12.0. The first-order valence-electron chi connectivity index (χ1n) is 5.39. The molecule has 16 heavy (non-hydrogen) atoms. The van der Waals surface area contributed by atoms with E-state index in [1.165, 1.54) is 0 Å². The van der Waals surface area contributed by atoms with Crippen molar-refractivity contribution >= 4 is 17.7 Å². The monoisotopic (exact) mass is 240 g/mol. The highest BCUT2D eigenvalue weighted by molar-refractivity contribution is 7.97. The van der Waals surface area contributed by atoms with Gasteiger partial charge in [0.25, 0.3) is 5.91 Å². The van der Waals surface area contributed by atoms with Gasteiger partial charge in [0.1, 0.15) is 5.76 Å². The summed E-state index contributed by atoms with van der Waals surface area (Å²) in [6.07, 6.45) is 2.01. The Balaban J connectivity index is 2.01. The van der Waals surface area contributed by atoms with Gasteiger partial charge in [-0.3, -0.25) is 4.79 Å². The predicted octanol–water partition coefficient (Wildman–Crippen LogP) is 1.19. The van der Waals surface area contributed by atoms with E-state index in [1.807, 2.05) is 17.2 Å². The molecule has 2 rings (SSSR count). The van der Waals surface area contributed by atoms with Gasteiger partial charge < -0.3 is 14.6 Å². The molecule has 0 atom stereocenters. The Bertz CT molecular complexity index is 359. The van der Waals surface area contributed by atoms with E-state index in [0.717, 1.165) is 37.7 Å². The van der Waals surface area contributed by atoms with Crippen molar-refractivity contribution in [2.24, 2.45) is 0 Å². The van der Waals surface area contributed by atoms with E-state index in [9.17, 15) is 4.79 Å². The predicted molar refractivity (Wildman–Crippen MR) is 64.7 cm³/mol. The number of carbonyl (C=O) groups excluding carboxylic acids is 1. The lowest BCUT2D eigenvalue weighted by atomic mass is 10.3. The van der Waals surface area contributed by atoms with Crippen molar-refractivity contribution in [3.63, 3.8) is 0 Å². The zero-order chi connectivity index (χ0) is 11.4. The highest BCUT2D eigenvalue weighted by Gasteiger charge is 2.20. The van der Waals surface area contributed by atoms with E-state index in [0.29, 0.717) is 5.76 Å². The highest BCUT2D eigenvalue weighted by Crippen LogP contribution is 2.15. The summed E-state index contributed by atoms with van der Waals surface area (Å²) in [7, 11) is 0. The first kappa shape index (κ1) is 11.5. The molecule has 0 bridgehead atoms. The fourth-order valence-corrected chi connectivity index (χ4v) is 2.18. The van der Waals surface area contributed by atoms with Crippen LogP contribution in [-0.4, -0.2) is 43.2 Å². The molecule has 4 nitrogen and oxygen atoms in total. The first-order chi connectivity index (χ1) is 7.81. The smallest absolute Gasteiger partial charge is 0.289 e. The number of piperazine rings is 1. The molecule has 88 valence electrons. The second-order valence-electron chi connectivity index (χ2n) is 3.74. The molecule has 5 heteroatoms. The van der Waals surface area contributed by atoms with Crippen molar-refractivity contribution in [3.05, 3.63) is 23.7 Å². The fraction of sp³-hybridized carbons (Fsp3) is 0.545. The third-order valence-corrected chi connectivity index (χ3v) is 3.14. The van der Waals surface area contributed by atoms with E-state index < -0.39 is 0 Å². The van der Waals surface area contributed by atoms with Crippen LogP contribution >= 0.6 is 11.8 Å². The van der Waals surface area contributed by atoms with Crippen LogP contribution in [0.1, 0.15) is 16.3 Å². The van der Waals surface area contributed by atoms with E-state index in [4.69, 9.17) is 4.42 Å². The maximum Gasteiger partial charge on any atom is 0.289 e. The Hall–Kier alpha value is -0.940. The number of nitrogens with zero attached hydrogens (tertiary/aromatic N) is 1. The van der Waals surface area contributed by atoms with Crippen LogP contribution in [0.25, 0.3) is 0 Å². The minimum absolute atomic E-state index is 0.00820. The summed E-state index contributed by atoms with van der Waals surface area (Å²) in [6.45, 7) is 3.25. The van der Waals surface area contributed by atoms with Crippen molar-refractivity contribution in [2.45, 2.75) is 5.75 Å². The van der Waals surface area contributed by atoms with Gasteiger partial charge in [0.2, 0.25) is 0 Å². The SMILES string of the molecule is CSCc1ccc(C(=O)N2CCNCC2)o1. The van der Waals surface area contributed by atoms with Gasteiger partial charge in [0.05, 0.1) is 5.75 Å². The van der Waals surface area contributed by atoms with Crippen molar-refractivity contribution in [3.8, 4) is 0 Å². The van der Waals surface area contributed by atoms with Crippen LogP contribution in [0.15, 0.2) is 16.5 Å². The third kappa shape index (κ3) is 2.59. The van der Waals surface area contributed by atoms with Gasteiger partial charge in [-0.05, 0) is 18.4 Å². The molecule has 1 aliphatic heterocycles. The fourth-order valence-electron chi connectivity index (χ4n) is 1.74. The molecule has 0 saturated carbocycles. The summed E-state index contributed by atoms with van der Waals surface area (Å²) < 4.78 is 5.51. The van der Waals surface area contributed by atoms with Gasteiger partial charge in [-0.15, -0.1) is 0 Å². The minimum atomic E-state index is 0.00820. The lowest BCUT2D eigenvalue weighted by Gasteiger charge is -2.26. The second kappa shape index (κ2) is 5.41. The van der Waals surface area contributed by atoms with Crippen molar-refractivity contribution in [1.29, 1.82) is 0 Å². The van der Waals surface area contributed by atoms with E-state index in [1.54, 1.807) is 17.8 Å². The number of nitrogens with one attached hydrogen (secondary N) is 1. The topological polar surface area (TPSA) is 45.5 Å². The average Bonchev–Trinajstić information content (AvgIpc) is 2.78.